The van der Waals surface area contributed by atoms with Gasteiger partial charge in [0.05, 0.1) is 5.69 Å². The Kier molecular flexibility index (Phi) is 3.27. The molecule has 1 aromatic rings. The Hall–Kier alpha value is -0.610. The van der Waals surface area contributed by atoms with Gasteiger partial charge in [-0.1, -0.05) is 6.92 Å². The Morgan fingerprint density at radius 1 is 1.54 bits per heavy atom. The minimum absolute atomic E-state index is 0.132. The second-order valence-electron chi connectivity index (χ2n) is 2.91. The van der Waals surface area contributed by atoms with Crippen molar-refractivity contribution in [2.24, 2.45) is 5.73 Å². The van der Waals surface area contributed by atoms with Gasteiger partial charge in [0, 0.05) is 10.5 Å². The molecule has 0 aliphatic rings. The molecule has 0 unspecified atom stereocenters. The average molecular weight is 247 g/mol. The van der Waals surface area contributed by atoms with Gasteiger partial charge in [0.1, 0.15) is 5.82 Å². The number of nitrogen functional groups attached to an aromatic ring is 1. The van der Waals surface area contributed by atoms with Crippen molar-refractivity contribution >= 4 is 21.6 Å². The van der Waals surface area contributed by atoms with Gasteiger partial charge < -0.3 is 11.5 Å². The Morgan fingerprint density at radius 3 is 2.62 bits per heavy atom. The van der Waals surface area contributed by atoms with Crippen molar-refractivity contribution in [1.82, 2.24) is 0 Å². The number of rotatable bonds is 2. The van der Waals surface area contributed by atoms with Crippen LogP contribution in [0.1, 0.15) is 24.9 Å². The van der Waals surface area contributed by atoms with E-state index in [-0.39, 0.29) is 11.7 Å². The average Bonchev–Trinajstić information content (AvgIpc) is 2.12. The van der Waals surface area contributed by atoms with Crippen LogP contribution in [0.2, 0.25) is 0 Å². The van der Waals surface area contributed by atoms with Gasteiger partial charge >= 0.3 is 0 Å². The minimum Gasteiger partial charge on any atom is -0.395 e. The molecule has 4 heteroatoms. The third-order valence-corrected chi connectivity index (χ3v) is 2.63. The van der Waals surface area contributed by atoms with Crippen molar-refractivity contribution in [1.29, 1.82) is 0 Å². The van der Waals surface area contributed by atoms with Crippen molar-refractivity contribution in [3.8, 4) is 0 Å². The SMILES string of the molecule is CC[C@@H](N)c1cc(F)c(N)c(Br)c1. The highest BCUT2D eigenvalue weighted by atomic mass is 79.9. The van der Waals surface area contributed by atoms with Crippen LogP contribution in [0.4, 0.5) is 10.1 Å². The van der Waals surface area contributed by atoms with Gasteiger partial charge in [-0.15, -0.1) is 0 Å². The highest BCUT2D eigenvalue weighted by Gasteiger charge is 2.09. The van der Waals surface area contributed by atoms with Crippen molar-refractivity contribution < 1.29 is 4.39 Å². The molecule has 0 amide bonds. The molecule has 0 spiro atoms. The number of anilines is 1. The maximum absolute atomic E-state index is 13.1. The number of benzene rings is 1. The van der Waals surface area contributed by atoms with Gasteiger partial charge in [-0.05, 0) is 40.0 Å². The first-order chi connectivity index (χ1) is 6.06. The minimum atomic E-state index is -0.423. The van der Waals surface area contributed by atoms with Gasteiger partial charge in [0.25, 0.3) is 0 Å². The molecule has 0 aliphatic carbocycles. The summed E-state index contributed by atoms with van der Waals surface area (Å²) < 4.78 is 13.7. The molecule has 4 N–H and O–H groups in total. The summed E-state index contributed by atoms with van der Waals surface area (Å²) in [6.07, 6.45) is 0.774. The van der Waals surface area contributed by atoms with E-state index in [0.29, 0.717) is 4.47 Å². The maximum Gasteiger partial charge on any atom is 0.147 e. The fourth-order valence-corrected chi connectivity index (χ4v) is 1.51. The molecule has 0 radical (unpaired) electrons. The third kappa shape index (κ3) is 2.19. The first-order valence-corrected chi connectivity index (χ1v) is 4.85. The van der Waals surface area contributed by atoms with E-state index in [4.69, 9.17) is 11.5 Å². The smallest absolute Gasteiger partial charge is 0.147 e. The molecule has 2 nitrogen and oxygen atoms in total. The lowest BCUT2D eigenvalue weighted by atomic mass is 10.1. The van der Waals surface area contributed by atoms with Crippen LogP contribution >= 0.6 is 15.9 Å². The van der Waals surface area contributed by atoms with Crippen molar-refractivity contribution in [3.63, 3.8) is 0 Å². The molecule has 0 heterocycles. The zero-order valence-electron chi connectivity index (χ0n) is 7.35. The van der Waals surface area contributed by atoms with Crippen LogP contribution in [0.25, 0.3) is 0 Å². The lowest BCUT2D eigenvalue weighted by Crippen LogP contribution is -2.09. The quantitative estimate of drug-likeness (QED) is 0.789. The monoisotopic (exact) mass is 246 g/mol. The van der Waals surface area contributed by atoms with Crippen LogP contribution in [-0.2, 0) is 0 Å². The van der Waals surface area contributed by atoms with Crippen LogP contribution < -0.4 is 11.5 Å². The fourth-order valence-electron chi connectivity index (χ4n) is 1.05. The molecular weight excluding hydrogens is 235 g/mol. The predicted octanol–water partition coefficient (Wildman–Crippen LogP) is 2.58. The van der Waals surface area contributed by atoms with Crippen LogP contribution in [0.3, 0.4) is 0 Å². The predicted molar refractivity (Wildman–Crippen MR) is 55.7 cm³/mol. The molecule has 0 saturated heterocycles. The van der Waals surface area contributed by atoms with E-state index in [1.807, 2.05) is 6.92 Å². The standard InChI is InChI=1S/C9H12BrFN2/c1-2-8(12)5-3-6(10)9(13)7(11)4-5/h3-4,8H,2,12-13H2,1H3/t8-/m1/s1. The van der Waals surface area contributed by atoms with Crippen LogP contribution in [-0.4, -0.2) is 0 Å². The van der Waals surface area contributed by atoms with Crippen molar-refractivity contribution in [2.75, 3.05) is 5.73 Å². The lowest BCUT2D eigenvalue weighted by Gasteiger charge is -2.11. The van der Waals surface area contributed by atoms with Crippen LogP contribution in [0.15, 0.2) is 16.6 Å². The second kappa shape index (κ2) is 4.07. The number of halogens is 2. The van der Waals surface area contributed by atoms with Crippen LogP contribution in [0, 0.1) is 5.82 Å². The third-order valence-electron chi connectivity index (χ3n) is 1.97. The summed E-state index contributed by atoms with van der Waals surface area (Å²) in [5.41, 5.74) is 12.1. The Balaban J connectivity index is 3.13. The molecule has 1 aromatic carbocycles. The van der Waals surface area contributed by atoms with E-state index in [0.717, 1.165) is 12.0 Å². The highest BCUT2D eigenvalue weighted by molar-refractivity contribution is 9.10. The number of hydrogen-bond acceptors (Lipinski definition) is 2. The van der Waals surface area contributed by atoms with E-state index < -0.39 is 5.82 Å². The largest absolute Gasteiger partial charge is 0.395 e. The van der Waals surface area contributed by atoms with E-state index in [1.165, 1.54) is 6.07 Å². The Labute approximate surface area is 85.2 Å². The summed E-state index contributed by atoms with van der Waals surface area (Å²) in [6, 6.07) is 3.01. The van der Waals surface area contributed by atoms with Crippen molar-refractivity contribution in [3.05, 3.63) is 28.0 Å². The van der Waals surface area contributed by atoms with E-state index in [2.05, 4.69) is 15.9 Å². The maximum atomic E-state index is 13.1. The molecule has 0 aliphatic heterocycles. The fraction of sp³-hybridized carbons (Fsp3) is 0.333. The molecule has 0 saturated carbocycles. The first-order valence-electron chi connectivity index (χ1n) is 4.06. The number of nitrogens with two attached hydrogens (primary N) is 2. The van der Waals surface area contributed by atoms with E-state index in [9.17, 15) is 4.39 Å². The zero-order valence-corrected chi connectivity index (χ0v) is 8.94. The lowest BCUT2D eigenvalue weighted by molar-refractivity contribution is 0.620. The summed E-state index contributed by atoms with van der Waals surface area (Å²) in [7, 11) is 0. The van der Waals surface area contributed by atoms with Crippen molar-refractivity contribution in [2.45, 2.75) is 19.4 Å². The topological polar surface area (TPSA) is 52.0 Å². The molecule has 0 bridgehead atoms. The normalized spacial score (nSPS) is 12.9. The summed E-state index contributed by atoms with van der Waals surface area (Å²) >= 11 is 3.17. The molecule has 1 rings (SSSR count). The first kappa shape index (κ1) is 10.5. The van der Waals surface area contributed by atoms with Gasteiger partial charge in [-0.25, -0.2) is 4.39 Å². The Morgan fingerprint density at radius 2 is 2.15 bits per heavy atom. The molecule has 1 atom stereocenters. The summed E-state index contributed by atoms with van der Waals surface area (Å²) in [6.45, 7) is 1.95. The van der Waals surface area contributed by atoms with Gasteiger partial charge in [-0.2, -0.15) is 0 Å². The van der Waals surface area contributed by atoms with E-state index >= 15 is 0 Å². The van der Waals surface area contributed by atoms with Crippen LogP contribution in [0.5, 0.6) is 0 Å². The summed E-state index contributed by atoms with van der Waals surface area (Å²) in [5, 5.41) is 0. The molecule has 0 fully saturated rings. The molecule has 13 heavy (non-hydrogen) atoms. The van der Waals surface area contributed by atoms with Gasteiger partial charge in [0.15, 0.2) is 0 Å². The number of hydrogen-bond donors (Lipinski definition) is 2. The molecule has 72 valence electrons. The molecule has 0 aromatic heterocycles. The van der Waals surface area contributed by atoms with E-state index in [1.54, 1.807) is 6.07 Å². The molecular formula is C9H12BrFN2. The van der Waals surface area contributed by atoms with Gasteiger partial charge in [-0.3, -0.25) is 0 Å². The zero-order chi connectivity index (χ0) is 10.0. The summed E-state index contributed by atoms with van der Waals surface area (Å²) in [4.78, 5) is 0. The van der Waals surface area contributed by atoms with Gasteiger partial charge in [0.2, 0.25) is 0 Å². The summed E-state index contributed by atoms with van der Waals surface area (Å²) in [5.74, 6) is -0.423. The highest BCUT2D eigenvalue weighted by Crippen LogP contribution is 2.27. The second-order valence-corrected chi connectivity index (χ2v) is 3.77. The Bertz CT molecular complexity index is 291.